The molecule has 0 aliphatic rings. The molecule has 2 N–H and O–H groups in total. The summed E-state index contributed by atoms with van der Waals surface area (Å²) in [4.78, 5) is 24.2. The number of carbonyl (C=O) groups is 2. The molecular formula is C20H15Cl2N3O3. The first kappa shape index (κ1) is 19.7. The van der Waals surface area contributed by atoms with Gasteiger partial charge < -0.3 is 9.73 Å². The van der Waals surface area contributed by atoms with Crippen molar-refractivity contribution >= 4 is 46.4 Å². The van der Waals surface area contributed by atoms with E-state index in [4.69, 9.17) is 27.6 Å². The second kappa shape index (κ2) is 8.73. The Hall–Kier alpha value is -3.09. The lowest BCUT2D eigenvalue weighted by Crippen LogP contribution is -2.18. The molecule has 3 aromatic rings. The number of hydrogen-bond donors (Lipinski definition) is 2. The summed E-state index contributed by atoms with van der Waals surface area (Å²) in [5.41, 5.74) is 4.72. The van der Waals surface area contributed by atoms with Crippen LogP contribution in [0.3, 0.4) is 0 Å². The first-order valence-electron chi connectivity index (χ1n) is 8.19. The molecule has 8 heteroatoms. The molecule has 0 fully saturated rings. The zero-order valence-corrected chi connectivity index (χ0v) is 16.2. The Bertz CT molecular complexity index is 1030. The SMILES string of the molecule is C/C(=N/NC(=O)c1ccco1)c1ccc(NC(=O)c2ccc(Cl)cc2Cl)cc1. The lowest BCUT2D eigenvalue weighted by Gasteiger charge is -2.08. The Morgan fingerprint density at radius 3 is 2.39 bits per heavy atom. The Kier molecular flexibility index (Phi) is 6.13. The number of hydrogen-bond acceptors (Lipinski definition) is 4. The molecular weight excluding hydrogens is 401 g/mol. The maximum atomic E-state index is 12.3. The van der Waals surface area contributed by atoms with E-state index >= 15 is 0 Å². The van der Waals surface area contributed by atoms with Crippen LogP contribution in [0.4, 0.5) is 5.69 Å². The molecule has 0 spiro atoms. The van der Waals surface area contributed by atoms with Crippen LogP contribution in [-0.2, 0) is 0 Å². The first-order chi connectivity index (χ1) is 13.4. The highest BCUT2D eigenvalue weighted by Crippen LogP contribution is 2.22. The second-order valence-corrected chi connectivity index (χ2v) is 6.61. The zero-order chi connectivity index (χ0) is 20.1. The average molecular weight is 416 g/mol. The number of amides is 2. The van der Waals surface area contributed by atoms with Crippen molar-refractivity contribution in [3.05, 3.63) is 87.8 Å². The predicted octanol–water partition coefficient (Wildman–Crippen LogP) is 4.99. The van der Waals surface area contributed by atoms with Crippen molar-refractivity contribution in [2.75, 3.05) is 5.32 Å². The molecule has 0 radical (unpaired) electrons. The third-order valence-corrected chi connectivity index (χ3v) is 4.35. The summed E-state index contributed by atoms with van der Waals surface area (Å²) in [5.74, 6) is -0.603. The Morgan fingerprint density at radius 2 is 1.75 bits per heavy atom. The van der Waals surface area contributed by atoms with Crippen LogP contribution in [0.15, 0.2) is 70.4 Å². The number of benzene rings is 2. The van der Waals surface area contributed by atoms with Crippen LogP contribution in [0.5, 0.6) is 0 Å². The molecule has 0 atom stereocenters. The van der Waals surface area contributed by atoms with Crippen molar-refractivity contribution < 1.29 is 14.0 Å². The highest BCUT2D eigenvalue weighted by Gasteiger charge is 2.11. The molecule has 0 saturated carbocycles. The summed E-state index contributed by atoms with van der Waals surface area (Å²) < 4.78 is 5.00. The molecule has 1 heterocycles. The van der Waals surface area contributed by atoms with E-state index in [2.05, 4.69) is 15.8 Å². The molecule has 2 aromatic carbocycles. The van der Waals surface area contributed by atoms with Crippen LogP contribution in [0.25, 0.3) is 0 Å². The molecule has 6 nitrogen and oxygen atoms in total. The van der Waals surface area contributed by atoms with E-state index in [-0.39, 0.29) is 16.7 Å². The minimum absolute atomic E-state index is 0.176. The Balaban J connectivity index is 1.64. The maximum absolute atomic E-state index is 12.3. The minimum Gasteiger partial charge on any atom is -0.459 e. The van der Waals surface area contributed by atoms with E-state index < -0.39 is 5.91 Å². The number of anilines is 1. The van der Waals surface area contributed by atoms with E-state index in [0.29, 0.717) is 22.0 Å². The summed E-state index contributed by atoms with van der Waals surface area (Å²) in [6, 6.07) is 14.8. The number of hydrazone groups is 1. The summed E-state index contributed by atoms with van der Waals surface area (Å²) >= 11 is 11.9. The summed E-state index contributed by atoms with van der Waals surface area (Å²) in [6.07, 6.45) is 1.41. The van der Waals surface area contributed by atoms with Gasteiger partial charge in [-0.3, -0.25) is 9.59 Å². The lowest BCUT2D eigenvalue weighted by molar-refractivity contribution is 0.0926. The van der Waals surface area contributed by atoms with Crippen LogP contribution in [0, 0.1) is 0 Å². The quantitative estimate of drug-likeness (QED) is 0.454. The van der Waals surface area contributed by atoms with Crippen molar-refractivity contribution in [3.8, 4) is 0 Å². The number of furan rings is 1. The van der Waals surface area contributed by atoms with Gasteiger partial charge >= 0.3 is 5.91 Å². The molecule has 1 aromatic heterocycles. The molecule has 142 valence electrons. The lowest BCUT2D eigenvalue weighted by atomic mass is 10.1. The number of halogens is 2. The van der Waals surface area contributed by atoms with Crippen LogP contribution < -0.4 is 10.7 Å². The molecule has 0 aliphatic heterocycles. The normalized spacial score (nSPS) is 11.2. The van der Waals surface area contributed by atoms with Gasteiger partial charge in [0.15, 0.2) is 5.76 Å². The number of rotatable bonds is 5. The fourth-order valence-corrected chi connectivity index (χ4v) is 2.82. The Labute approximate surface area is 171 Å². The fraction of sp³-hybridized carbons (Fsp3) is 0.0500. The van der Waals surface area contributed by atoms with Crippen molar-refractivity contribution in [2.24, 2.45) is 5.10 Å². The first-order valence-corrected chi connectivity index (χ1v) is 8.94. The Morgan fingerprint density at radius 1 is 1.00 bits per heavy atom. The highest BCUT2D eigenvalue weighted by atomic mass is 35.5. The van der Waals surface area contributed by atoms with Gasteiger partial charge in [0, 0.05) is 10.7 Å². The average Bonchev–Trinajstić information content (AvgIpc) is 3.21. The van der Waals surface area contributed by atoms with Gasteiger partial charge in [-0.25, -0.2) is 5.43 Å². The van der Waals surface area contributed by atoms with Crippen LogP contribution in [-0.4, -0.2) is 17.5 Å². The van der Waals surface area contributed by atoms with Gasteiger partial charge in [-0.15, -0.1) is 0 Å². The van der Waals surface area contributed by atoms with Gasteiger partial charge in [0.05, 0.1) is 22.6 Å². The predicted molar refractivity (Wildman–Crippen MR) is 109 cm³/mol. The summed E-state index contributed by atoms with van der Waals surface area (Å²) in [6.45, 7) is 1.75. The van der Waals surface area contributed by atoms with Crippen molar-refractivity contribution in [1.29, 1.82) is 0 Å². The summed E-state index contributed by atoms with van der Waals surface area (Å²) in [7, 11) is 0. The van der Waals surface area contributed by atoms with Gasteiger partial charge in [0.2, 0.25) is 0 Å². The van der Waals surface area contributed by atoms with Gasteiger partial charge in [-0.2, -0.15) is 5.10 Å². The smallest absolute Gasteiger partial charge is 0.307 e. The molecule has 0 aliphatic carbocycles. The van der Waals surface area contributed by atoms with E-state index in [0.717, 1.165) is 5.56 Å². The van der Waals surface area contributed by atoms with Gasteiger partial charge in [-0.05, 0) is 55.0 Å². The van der Waals surface area contributed by atoms with E-state index in [1.807, 2.05) is 0 Å². The van der Waals surface area contributed by atoms with Crippen LogP contribution in [0.2, 0.25) is 10.0 Å². The fourth-order valence-electron chi connectivity index (χ4n) is 2.33. The second-order valence-electron chi connectivity index (χ2n) is 5.77. The maximum Gasteiger partial charge on any atom is 0.307 e. The molecule has 2 amide bonds. The van der Waals surface area contributed by atoms with Gasteiger partial charge in [0.25, 0.3) is 5.91 Å². The van der Waals surface area contributed by atoms with E-state index in [1.54, 1.807) is 55.5 Å². The van der Waals surface area contributed by atoms with Crippen LogP contribution in [0.1, 0.15) is 33.4 Å². The molecule has 28 heavy (non-hydrogen) atoms. The minimum atomic E-state index is -0.437. The van der Waals surface area contributed by atoms with E-state index in [9.17, 15) is 9.59 Å². The highest BCUT2D eigenvalue weighted by molar-refractivity contribution is 6.37. The zero-order valence-electron chi connectivity index (χ0n) is 14.7. The molecule has 3 rings (SSSR count). The monoisotopic (exact) mass is 415 g/mol. The summed E-state index contributed by atoms with van der Waals surface area (Å²) in [5, 5.41) is 7.55. The number of nitrogens with zero attached hydrogens (tertiary/aromatic N) is 1. The molecule has 0 saturated heterocycles. The third-order valence-electron chi connectivity index (χ3n) is 3.81. The molecule has 0 bridgehead atoms. The third kappa shape index (κ3) is 4.79. The van der Waals surface area contributed by atoms with Crippen LogP contribution >= 0.6 is 23.2 Å². The topological polar surface area (TPSA) is 83.7 Å². The van der Waals surface area contributed by atoms with Gasteiger partial charge in [0.1, 0.15) is 0 Å². The van der Waals surface area contributed by atoms with E-state index in [1.165, 1.54) is 12.3 Å². The number of carbonyl (C=O) groups excluding carboxylic acids is 2. The number of nitrogens with one attached hydrogen (secondary N) is 2. The van der Waals surface area contributed by atoms with Crippen molar-refractivity contribution in [1.82, 2.24) is 5.43 Å². The largest absolute Gasteiger partial charge is 0.459 e. The molecule has 0 unspecified atom stereocenters. The van der Waals surface area contributed by atoms with Gasteiger partial charge in [-0.1, -0.05) is 35.3 Å². The van der Waals surface area contributed by atoms with Crippen molar-refractivity contribution in [2.45, 2.75) is 6.92 Å². The van der Waals surface area contributed by atoms with Crippen molar-refractivity contribution in [3.63, 3.8) is 0 Å². The standard InChI is InChI=1S/C20H15Cl2N3O3/c1-12(24-25-20(27)18-3-2-10-28-18)13-4-7-15(8-5-13)23-19(26)16-9-6-14(21)11-17(16)22/h2-11H,1H3,(H,23,26)(H,25,27)/b24-12-.